The second kappa shape index (κ2) is 5.66. The van der Waals surface area contributed by atoms with Crippen LogP contribution in [0.2, 0.25) is 0 Å². The van der Waals surface area contributed by atoms with Crippen LogP contribution in [-0.4, -0.2) is 11.0 Å². The summed E-state index contributed by atoms with van der Waals surface area (Å²) in [5.74, 6) is 1.10. The van der Waals surface area contributed by atoms with Gasteiger partial charge in [0.15, 0.2) is 0 Å². The SMILES string of the molecule is CC[C@H]1CCc2c(Cc3ccc(C)cc3)ccnc2N1. The molecule has 1 aliphatic rings. The lowest BCUT2D eigenvalue weighted by Gasteiger charge is -2.26. The number of aromatic nitrogens is 1. The molecule has 2 heterocycles. The summed E-state index contributed by atoms with van der Waals surface area (Å²) < 4.78 is 0. The highest BCUT2D eigenvalue weighted by molar-refractivity contribution is 5.52. The third-order valence-electron chi connectivity index (χ3n) is 4.24. The van der Waals surface area contributed by atoms with Gasteiger partial charge in [-0.1, -0.05) is 36.8 Å². The Morgan fingerprint density at radius 3 is 2.75 bits per heavy atom. The fraction of sp³-hybridized carbons (Fsp3) is 0.389. The molecule has 1 aromatic carbocycles. The number of anilines is 1. The minimum Gasteiger partial charge on any atom is -0.367 e. The first-order valence-electron chi connectivity index (χ1n) is 7.55. The highest BCUT2D eigenvalue weighted by atomic mass is 15.0. The van der Waals surface area contributed by atoms with Gasteiger partial charge in [-0.3, -0.25) is 0 Å². The van der Waals surface area contributed by atoms with E-state index in [0.29, 0.717) is 6.04 Å². The normalized spacial score (nSPS) is 17.4. The summed E-state index contributed by atoms with van der Waals surface area (Å²) >= 11 is 0. The van der Waals surface area contributed by atoms with E-state index in [-0.39, 0.29) is 0 Å². The highest BCUT2D eigenvalue weighted by Crippen LogP contribution is 2.28. The minimum absolute atomic E-state index is 0.588. The Bertz CT molecular complexity index is 587. The molecule has 1 atom stereocenters. The summed E-state index contributed by atoms with van der Waals surface area (Å²) in [5, 5.41) is 3.57. The van der Waals surface area contributed by atoms with Crippen molar-refractivity contribution in [2.75, 3.05) is 5.32 Å². The molecule has 1 N–H and O–H groups in total. The van der Waals surface area contributed by atoms with Gasteiger partial charge in [0.05, 0.1) is 0 Å². The number of rotatable bonds is 3. The molecule has 104 valence electrons. The average molecular weight is 266 g/mol. The molecule has 0 saturated carbocycles. The Labute approximate surface area is 121 Å². The standard InChI is InChI=1S/C18H22N2/c1-3-16-8-9-17-15(10-11-19-18(17)20-16)12-14-6-4-13(2)5-7-14/h4-7,10-11,16H,3,8-9,12H2,1-2H3,(H,19,20)/t16-/m0/s1. The molecule has 1 aliphatic heterocycles. The van der Waals surface area contributed by atoms with Gasteiger partial charge in [-0.15, -0.1) is 0 Å². The molecule has 0 bridgehead atoms. The van der Waals surface area contributed by atoms with Crippen molar-refractivity contribution in [3.05, 3.63) is 58.8 Å². The molecule has 0 unspecified atom stereocenters. The van der Waals surface area contributed by atoms with Crippen LogP contribution in [0.3, 0.4) is 0 Å². The number of pyridine rings is 1. The Kier molecular flexibility index (Phi) is 3.72. The van der Waals surface area contributed by atoms with Crippen molar-refractivity contribution < 1.29 is 0 Å². The number of hydrogen-bond acceptors (Lipinski definition) is 2. The van der Waals surface area contributed by atoms with Crippen molar-refractivity contribution in [2.24, 2.45) is 0 Å². The minimum atomic E-state index is 0.588. The van der Waals surface area contributed by atoms with Gasteiger partial charge in [-0.2, -0.15) is 0 Å². The van der Waals surface area contributed by atoms with Gasteiger partial charge in [0.25, 0.3) is 0 Å². The maximum atomic E-state index is 4.52. The molecule has 2 nitrogen and oxygen atoms in total. The summed E-state index contributed by atoms with van der Waals surface area (Å²) in [6, 6.07) is 11.6. The van der Waals surface area contributed by atoms with Crippen molar-refractivity contribution in [1.82, 2.24) is 4.98 Å². The average Bonchev–Trinajstić information content (AvgIpc) is 2.49. The van der Waals surface area contributed by atoms with E-state index in [9.17, 15) is 0 Å². The molecule has 0 amide bonds. The summed E-state index contributed by atoms with van der Waals surface area (Å²) in [4.78, 5) is 4.52. The van der Waals surface area contributed by atoms with Crippen LogP contribution in [0.15, 0.2) is 36.5 Å². The van der Waals surface area contributed by atoms with Crippen molar-refractivity contribution >= 4 is 5.82 Å². The number of aryl methyl sites for hydroxylation is 1. The Morgan fingerprint density at radius 1 is 1.20 bits per heavy atom. The van der Waals surface area contributed by atoms with Gasteiger partial charge in [0.1, 0.15) is 5.82 Å². The van der Waals surface area contributed by atoms with E-state index in [1.165, 1.54) is 35.1 Å². The smallest absolute Gasteiger partial charge is 0.129 e. The zero-order chi connectivity index (χ0) is 13.9. The predicted octanol–water partition coefficient (Wildman–Crippen LogP) is 4.12. The molecular weight excluding hydrogens is 244 g/mol. The lowest BCUT2D eigenvalue weighted by Crippen LogP contribution is -2.26. The van der Waals surface area contributed by atoms with Crippen molar-refractivity contribution in [2.45, 2.75) is 45.6 Å². The monoisotopic (exact) mass is 266 g/mol. The first-order valence-corrected chi connectivity index (χ1v) is 7.55. The summed E-state index contributed by atoms with van der Waals surface area (Å²) in [6.07, 6.45) is 6.48. The molecule has 0 radical (unpaired) electrons. The van der Waals surface area contributed by atoms with Gasteiger partial charge in [0, 0.05) is 12.2 Å². The number of nitrogens with one attached hydrogen (secondary N) is 1. The number of benzene rings is 1. The van der Waals surface area contributed by atoms with Crippen molar-refractivity contribution in [3.8, 4) is 0 Å². The van der Waals surface area contributed by atoms with Crippen LogP contribution in [0.1, 0.15) is 42.0 Å². The van der Waals surface area contributed by atoms with Crippen molar-refractivity contribution in [1.29, 1.82) is 0 Å². The van der Waals surface area contributed by atoms with Crippen LogP contribution >= 0.6 is 0 Å². The van der Waals surface area contributed by atoms with E-state index in [1.54, 1.807) is 0 Å². The Morgan fingerprint density at radius 2 is 2.00 bits per heavy atom. The number of hydrogen-bond donors (Lipinski definition) is 1. The van der Waals surface area contributed by atoms with E-state index < -0.39 is 0 Å². The zero-order valence-corrected chi connectivity index (χ0v) is 12.3. The van der Waals surface area contributed by atoms with E-state index in [1.807, 2.05) is 6.20 Å². The molecular formula is C18H22N2. The van der Waals surface area contributed by atoms with Crippen LogP contribution in [-0.2, 0) is 12.8 Å². The van der Waals surface area contributed by atoms with Crippen LogP contribution in [0.4, 0.5) is 5.82 Å². The van der Waals surface area contributed by atoms with Gasteiger partial charge in [-0.05, 0) is 55.4 Å². The summed E-state index contributed by atoms with van der Waals surface area (Å²) in [7, 11) is 0. The second-order valence-electron chi connectivity index (χ2n) is 5.75. The molecule has 0 spiro atoms. The molecule has 1 aromatic heterocycles. The van der Waals surface area contributed by atoms with E-state index in [4.69, 9.17) is 0 Å². The highest BCUT2D eigenvalue weighted by Gasteiger charge is 2.19. The molecule has 0 saturated heterocycles. The number of fused-ring (bicyclic) bond motifs is 1. The van der Waals surface area contributed by atoms with Crippen molar-refractivity contribution in [3.63, 3.8) is 0 Å². The molecule has 20 heavy (non-hydrogen) atoms. The quantitative estimate of drug-likeness (QED) is 0.904. The van der Waals surface area contributed by atoms with Crippen LogP contribution in [0, 0.1) is 6.92 Å². The van der Waals surface area contributed by atoms with Crippen LogP contribution in [0.5, 0.6) is 0 Å². The molecule has 3 rings (SSSR count). The maximum absolute atomic E-state index is 4.52. The largest absolute Gasteiger partial charge is 0.367 e. The van der Waals surface area contributed by atoms with Crippen LogP contribution in [0.25, 0.3) is 0 Å². The maximum Gasteiger partial charge on any atom is 0.129 e. The first-order chi connectivity index (χ1) is 9.76. The zero-order valence-electron chi connectivity index (χ0n) is 12.3. The van der Waals surface area contributed by atoms with E-state index >= 15 is 0 Å². The topological polar surface area (TPSA) is 24.9 Å². The molecule has 0 aliphatic carbocycles. The molecule has 2 heteroatoms. The second-order valence-corrected chi connectivity index (χ2v) is 5.75. The Hall–Kier alpha value is -1.83. The summed E-state index contributed by atoms with van der Waals surface area (Å²) in [6.45, 7) is 4.37. The third kappa shape index (κ3) is 2.69. The van der Waals surface area contributed by atoms with Crippen LogP contribution < -0.4 is 5.32 Å². The summed E-state index contributed by atoms with van der Waals surface area (Å²) in [5.41, 5.74) is 5.53. The lowest BCUT2D eigenvalue weighted by atomic mass is 9.92. The first kappa shape index (κ1) is 13.2. The predicted molar refractivity (Wildman–Crippen MR) is 84.2 cm³/mol. The van der Waals surface area contributed by atoms with E-state index in [2.05, 4.69) is 54.5 Å². The lowest BCUT2D eigenvalue weighted by molar-refractivity contribution is 0.606. The fourth-order valence-electron chi connectivity index (χ4n) is 2.92. The van der Waals surface area contributed by atoms with Gasteiger partial charge < -0.3 is 5.32 Å². The van der Waals surface area contributed by atoms with E-state index in [0.717, 1.165) is 18.7 Å². The third-order valence-corrected chi connectivity index (χ3v) is 4.24. The van der Waals surface area contributed by atoms with Gasteiger partial charge >= 0.3 is 0 Å². The molecule has 0 fully saturated rings. The number of nitrogens with zero attached hydrogens (tertiary/aromatic N) is 1. The van der Waals surface area contributed by atoms with Gasteiger partial charge in [-0.25, -0.2) is 4.98 Å². The van der Waals surface area contributed by atoms with Gasteiger partial charge in [0.2, 0.25) is 0 Å². The fourth-order valence-corrected chi connectivity index (χ4v) is 2.92. The Balaban J connectivity index is 1.86. The molecule has 2 aromatic rings.